The summed E-state index contributed by atoms with van der Waals surface area (Å²) in [5, 5.41) is 11.3. The van der Waals surface area contributed by atoms with Crippen LogP contribution >= 0.6 is 15.9 Å². The fourth-order valence-electron chi connectivity index (χ4n) is 1.72. The summed E-state index contributed by atoms with van der Waals surface area (Å²) in [5.41, 5.74) is 0.253. The minimum absolute atomic E-state index is 0.130. The van der Waals surface area contributed by atoms with E-state index in [0.717, 1.165) is 0 Å². The molecule has 110 valence electrons. The summed E-state index contributed by atoms with van der Waals surface area (Å²) in [6.07, 6.45) is 1.39. The van der Waals surface area contributed by atoms with E-state index >= 15 is 0 Å². The second kappa shape index (κ2) is 7.99. The minimum Gasteiger partial charge on any atom is -0.481 e. The molecule has 1 atom stereocenters. The molecule has 1 aromatic rings. The number of benzene rings is 1. The molecule has 0 aliphatic rings. The molecule has 0 aliphatic carbocycles. The molecule has 6 heteroatoms. The maximum Gasteiger partial charge on any atom is 0.303 e. The van der Waals surface area contributed by atoms with Gasteiger partial charge < -0.3 is 10.4 Å². The van der Waals surface area contributed by atoms with Crippen LogP contribution in [0.25, 0.3) is 0 Å². The first-order chi connectivity index (χ1) is 9.41. The lowest BCUT2D eigenvalue weighted by Crippen LogP contribution is -2.26. The van der Waals surface area contributed by atoms with Crippen molar-refractivity contribution in [2.75, 3.05) is 6.54 Å². The topological polar surface area (TPSA) is 66.4 Å². The van der Waals surface area contributed by atoms with Crippen LogP contribution in [-0.2, 0) is 4.79 Å². The third kappa shape index (κ3) is 5.28. The molecule has 2 N–H and O–H groups in total. The monoisotopic (exact) mass is 345 g/mol. The molecule has 0 aliphatic heterocycles. The van der Waals surface area contributed by atoms with E-state index in [-0.39, 0.29) is 28.3 Å². The van der Waals surface area contributed by atoms with Crippen LogP contribution in [0.5, 0.6) is 0 Å². The zero-order chi connectivity index (χ0) is 15.1. The predicted octanol–water partition coefficient (Wildman–Crippen LogP) is 3.21. The van der Waals surface area contributed by atoms with Gasteiger partial charge in [-0.15, -0.1) is 0 Å². The van der Waals surface area contributed by atoms with Crippen molar-refractivity contribution >= 4 is 27.8 Å². The number of carboxylic acids is 1. The van der Waals surface area contributed by atoms with Crippen LogP contribution in [0.4, 0.5) is 4.39 Å². The highest BCUT2D eigenvalue weighted by Gasteiger charge is 2.13. The van der Waals surface area contributed by atoms with Crippen molar-refractivity contribution in [1.29, 1.82) is 0 Å². The van der Waals surface area contributed by atoms with Gasteiger partial charge in [0.05, 0.1) is 10.0 Å². The predicted molar refractivity (Wildman–Crippen MR) is 77.1 cm³/mol. The molecule has 0 radical (unpaired) electrons. The van der Waals surface area contributed by atoms with E-state index in [1.54, 1.807) is 0 Å². The van der Waals surface area contributed by atoms with Gasteiger partial charge in [-0.05, 0) is 46.8 Å². The number of hydrogen-bond acceptors (Lipinski definition) is 2. The molecule has 0 saturated carbocycles. The summed E-state index contributed by atoms with van der Waals surface area (Å²) in [7, 11) is 0. The van der Waals surface area contributed by atoms with Gasteiger partial charge in [0.1, 0.15) is 5.82 Å². The molecule has 4 nitrogen and oxygen atoms in total. The Kier molecular flexibility index (Phi) is 6.64. The number of carbonyl (C=O) groups is 2. The largest absolute Gasteiger partial charge is 0.481 e. The SMILES string of the molecule is CC(CCNC(=O)c1cccc(F)c1Br)CCC(=O)O. The minimum atomic E-state index is -0.815. The molecular formula is C14H17BrFNO3. The highest BCUT2D eigenvalue weighted by molar-refractivity contribution is 9.10. The van der Waals surface area contributed by atoms with Gasteiger partial charge in [0.25, 0.3) is 5.91 Å². The lowest BCUT2D eigenvalue weighted by Gasteiger charge is -2.11. The molecular weight excluding hydrogens is 329 g/mol. The lowest BCUT2D eigenvalue weighted by molar-refractivity contribution is -0.137. The standard InChI is InChI=1S/C14H17BrFNO3/c1-9(5-6-12(18)19)7-8-17-14(20)10-3-2-4-11(16)13(10)15/h2-4,9H,5-8H2,1H3,(H,17,20)(H,18,19). The summed E-state index contributed by atoms with van der Waals surface area (Å²) in [4.78, 5) is 22.3. The number of rotatable bonds is 7. The van der Waals surface area contributed by atoms with Gasteiger partial charge in [-0.1, -0.05) is 13.0 Å². The molecule has 20 heavy (non-hydrogen) atoms. The average molecular weight is 346 g/mol. The summed E-state index contributed by atoms with van der Waals surface area (Å²) < 4.78 is 13.4. The number of carboxylic acid groups (broad SMARTS) is 1. The average Bonchev–Trinajstić information content (AvgIpc) is 2.39. The van der Waals surface area contributed by atoms with E-state index in [1.807, 2.05) is 6.92 Å². The number of aliphatic carboxylic acids is 1. The number of amides is 1. The summed E-state index contributed by atoms with van der Waals surface area (Å²) >= 11 is 3.04. The first kappa shape index (κ1) is 16.6. The summed E-state index contributed by atoms with van der Waals surface area (Å²) in [6, 6.07) is 4.29. The van der Waals surface area contributed by atoms with Crippen LogP contribution in [-0.4, -0.2) is 23.5 Å². The second-order valence-corrected chi connectivity index (χ2v) is 5.48. The maximum atomic E-state index is 13.3. The van der Waals surface area contributed by atoms with Gasteiger partial charge >= 0.3 is 5.97 Å². The number of halogens is 2. The van der Waals surface area contributed by atoms with Crippen LogP contribution in [0.15, 0.2) is 22.7 Å². The fourth-order valence-corrected chi connectivity index (χ4v) is 2.17. The van der Waals surface area contributed by atoms with Gasteiger partial charge in [-0.25, -0.2) is 4.39 Å². The Morgan fingerprint density at radius 3 is 2.75 bits per heavy atom. The molecule has 0 saturated heterocycles. The van der Waals surface area contributed by atoms with Gasteiger partial charge in [0, 0.05) is 13.0 Å². The first-order valence-electron chi connectivity index (χ1n) is 6.35. The number of hydrogen-bond donors (Lipinski definition) is 2. The summed E-state index contributed by atoms with van der Waals surface area (Å²) in [5.74, 6) is -1.43. The Labute approximate surface area is 125 Å². The third-order valence-corrected chi connectivity index (χ3v) is 3.78. The van der Waals surface area contributed by atoms with Gasteiger partial charge in [0.15, 0.2) is 0 Å². The molecule has 0 fully saturated rings. The van der Waals surface area contributed by atoms with Crippen molar-refractivity contribution in [1.82, 2.24) is 5.32 Å². The van der Waals surface area contributed by atoms with Crippen molar-refractivity contribution in [2.45, 2.75) is 26.2 Å². The second-order valence-electron chi connectivity index (χ2n) is 4.68. The van der Waals surface area contributed by atoms with Gasteiger partial charge in [0.2, 0.25) is 0 Å². The van der Waals surface area contributed by atoms with Crippen molar-refractivity contribution in [3.8, 4) is 0 Å². The third-order valence-electron chi connectivity index (χ3n) is 2.97. The molecule has 0 spiro atoms. The Hall–Kier alpha value is -1.43. The van der Waals surface area contributed by atoms with E-state index in [2.05, 4.69) is 21.2 Å². The molecule has 0 aromatic heterocycles. The van der Waals surface area contributed by atoms with Crippen molar-refractivity contribution in [2.24, 2.45) is 5.92 Å². The van der Waals surface area contributed by atoms with Gasteiger partial charge in [-0.3, -0.25) is 9.59 Å². The van der Waals surface area contributed by atoms with Crippen LogP contribution in [0, 0.1) is 11.7 Å². The molecule has 1 rings (SSSR count). The number of nitrogens with one attached hydrogen (secondary N) is 1. The molecule has 1 aromatic carbocycles. The molecule has 1 amide bonds. The van der Waals surface area contributed by atoms with E-state index in [9.17, 15) is 14.0 Å². The van der Waals surface area contributed by atoms with E-state index in [1.165, 1.54) is 18.2 Å². The summed E-state index contributed by atoms with van der Waals surface area (Å²) in [6.45, 7) is 2.37. The van der Waals surface area contributed by atoms with Crippen LogP contribution in [0.3, 0.4) is 0 Å². The normalized spacial score (nSPS) is 11.9. The highest BCUT2D eigenvalue weighted by atomic mass is 79.9. The Morgan fingerprint density at radius 1 is 1.40 bits per heavy atom. The van der Waals surface area contributed by atoms with Crippen LogP contribution in [0.1, 0.15) is 36.5 Å². The maximum absolute atomic E-state index is 13.3. The van der Waals surface area contributed by atoms with Gasteiger partial charge in [-0.2, -0.15) is 0 Å². The number of carbonyl (C=O) groups excluding carboxylic acids is 1. The quantitative estimate of drug-likeness (QED) is 0.797. The smallest absolute Gasteiger partial charge is 0.303 e. The van der Waals surface area contributed by atoms with E-state index in [0.29, 0.717) is 19.4 Å². The molecule has 1 unspecified atom stereocenters. The lowest BCUT2D eigenvalue weighted by atomic mass is 10.0. The zero-order valence-corrected chi connectivity index (χ0v) is 12.7. The van der Waals surface area contributed by atoms with Crippen LogP contribution < -0.4 is 5.32 Å². The van der Waals surface area contributed by atoms with Crippen molar-refractivity contribution in [3.05, 3.63) is 34.1 Å². The van der Waals surface area contributed by atoms with E-state index < -0.39 is 11.8 Å². The Balaban J connectivity index is 2.40. The highest BCUT2D eigenvalue weighted by Crippen LogP contribution is 2.20. The Morgan fingerprint density at radius 2 is 2.10 bits per heavy atom. The fraction of sp³-hybridized carbons (Fsp3) is 0.429. The molecule has 0 heterocycles. The van der Waals surface area contributed by atoms with Crippen molar-refractivity contribution < 1.29 is 19.1 Å². The van der Waals surface area contributed by atoms with Crippen molar-refractivity contribution in [3.63, 3.8) is 0 Å². The molecule has 0 bridgehead atoms. The Bertz CT molecular complexity index is 493. The van der Waals surface area contributed by atoms with Crippen LogP contribution in [0.2, 0.25) is 0 Å². The zero-order valence-electron chi connectivity index (χ0n) is 11.2. The first-order valence-corrected chi connectivity index (χ1v) is 7.15. The van der Waals surface area contributed by atoms with E-state index in [4.69, 9.17) is 5.11 Å².